The minimum absolute atomic E-state index is 0.293. The molecule has 0 unspecified atom stereocenters. The summed E-state index contributed by atoms with van der Waals surface area (Å²) in [6.45, 7) is 3.81. The van der Waals surface area contributed by atoms with Crippen LogP contribution in [0, 0.1) is 0 Å². The molecule has 6 heteroatoms. The van der Waals surface area contributed by atoms with E-state index in [9.17, 15) is 4.79 Å². The van der Waals surface area contributed by atoms with Crippen LogP contribution >= 0.6 is 27.7 Å². The van der Waals surface area contributed by atoms with Crippen molar-refractivity contribution in [1.29, 1.82) is 0 Å². The van der Waals surface area contributed by atoms with E-state index in [1.54, 1.807) is 11.8 Å². The van der Waals surface area contributed by atoms with Crippen molar-refractivity contribution in [3.8, 4) is 0 Å². The third-order valence-electron chi connectivity index (χ3n) is 3.63. The van der Waals surface area contributed by atoms with Crippen LogP contribution in [0.2, 0.25) is 0 Å². The fraction of sp³-hybridized carbons (Fsp3) is 0.692. The molecule has 2 heterocycles. The summed E-state index contributed by atoms with van der Waals surface area (Å²) >= 11 is 5.17. The molecule has 2 rings (SSSR count). The minimum atomic E-state index is 0.293. The molecule has 4 nitrogen and oxygen atoms in total. The molecule has 1 amide bonds. The maximum atomic E-state index is 12.1. The molecule has 0 bridgehead atoms. The Kier molecular flexibility index (Phi) is 5.33. The fourth-order valence-corrected chi connectivity index (χ4v) is 2.96. The first-order chi connectivity index (χ1) is 9.10. The van der Waals surface area contributed by atoms with Gasteiger partial charge < -0.3 is 4.90 Å². The molecule has 0 radical (unpaired) electrons. The maximum absolute atomic E-state index is 12.1. The lowest BCUT2D eigenvalue weighted by molar-refractivity contribution is -0.132. The zero-order valence-corrected chi connectivity index (χ0v) is 13.8. The molecular weight excluding hydrogens is 326 g/mol. The lowest BCUT2D eigenvalue weighted by Gasteiger charge is -2.32. The smallest absolute Gasteiger partial charge is 0.223 e. The largest absolute Gasteiger partial charge is 0.343 e. The molecule has 1 atom stereocenters. The zero-order valence-electron chi connectivity index (χ0n) is 11.4. The van der Waals surface area contributed by atoms with Gasteiger partial charge in [-0.15, -0.1) is 0 Å². The third kappa shape index (κ3) is 3.99. The normalized spacial score (nSPS) is 18.6. The van der Waals surface area contributed by atoms with Crippen molar-refractivity contribution in [3.63, 3.8) is 0 Å². The summed E-state index contributed by atoms with van der Waals surface area (Å²) in [7, 11) is 0. The summed E-state index contributed by atoms with van der Waals surface area (Å²) in [5.74, 6) is 0.293. The van der Waals surface area contributed by atoms with E-state index in [-0.39, 0.29) is 0 Å². The van der Waals surface area contributed by atoms with Crippen LogP contribution in [0.3, 0.4) is 0 Å². The number of piperidine rings is 1. The van der Waals surface area contributed by atoms with Crippen LogP contribution in [0.25, 0.3) is 0 Å². The van der Waals surface area contributed by atoms with Crippen LogP contribution in [-0.4, -0.2) is 45.2 Å². The van der Waals surface area contributed by atoms with Crippen molar-refractivity contribution in [2.24, 2.45) is 0 Å². The Hall–Kier alpha value is -0.490. The number of nitrogens with zero attached hydrogens (tertiary/aromatic N) is 3. The quantitative estimate of drug-likeness (QED) is 0.841. The topological polar surface area (TPSA) is 38.1 Å². The Morgan fingerprint density at radius 1 is 1.58 bits per heavy atom. The highest BCUT2D eigenvalue weighted by Crippen LogP contribution is 2.24. The van der Waals surface area contributed by atoms with E-state index in [0.717, 1.165) is 30.4 Å². The SMILES string of the molecule is CS[C@H](C)CC(=O)N1CCC(n2cc(Br)cn2)CC1. The lowest BCUT2D eigenvalue weighted by Crippen LogP contribution is -2.39. The molecular formula is C13H20BrN3OS. The maximum Gasteiger partial charge on any atom is 0.223 e. The highest BCUT2D eigenvalue weighted by Gasteiger charge is 2.24. The van der Waals surface area contributed by atoms with E-state index < -0.39 is 0 Å². The highest BCUT2D eigenvalue weighted by molar-refractivity contribution is 9.10. The lowest BCUT2D eigenvalue weighted by atomic mass is 10.0. The number of aromatic nitrogens is 2. The highest BCUT2D eigenvalue weighted by atomic mass is 79.9. The second-order valence-electron chi connectivity index (χ2n) is 5.00. The first-order valence-electron chi connectivity index (χ1n) is 6.60. The van der Waals surface area contributed by atoms with Crippen molar-refractivity contribution in [2.45, 2.75) is 37.5 Å². The Bertz CT molecular complexity index is 429. The number of amides is 1. The Balaban J connectivity index is 1.83. The second-order valence-corrected chi connectivity index (χ2v) is 7.19. The summed E-state index contributed by atoms with van der Waals surface area (Å²) in [5, 5.41) is 4.74. The van der Waals surface area contributed by atoms with Gasteiger partial charge in [0.05, 0.1) is 16.7 Å². The van der Waals surface area contributed by atoms with E-state index in [0.29, 0.717) is 23.6 Å². The summed E-state index contributed by atoms with van der Waals surface area (Å²) in [6, 6.07) is 0.424. The van der Waals surface area contributed by atoms with E-state index in [1.165, 1.54) is 0 Å². The molecule has 19 heavy (non-hydrogen) atoms. The van der Waals surface area contributed by atoms with E-state index in [2.05, 4.69) is 34.2 Å². The number of halogens is 1. The monoisotopic (exact) mass is 345 g/mol. The average molecular weight is 346 g/mol. The number of carbonyl (C=O) groups is 1. The predicted molar refractivity (Wildman–Crippen MR) is 82.4 cm³/mol. The van der Waals surface area contributed by atoms with Gasteiger partial charge in [-0.3, -0.25) is 9.48 Å². The first-order valence-corrected chi connectivity index (χ1v) is 8.68. The summed E-state index contributed by atoms with van der Waals surface area (Å²) in [5.41, 5.74) is 0. The van der Waals surface area contributed by atoms with Crippen molar-refractivity contribution in [1.82, 2.24) is 14.7 Å². The van der Waals surface area contributed by atoms with Gasteiger partial charge in [0.15, 0.2) is 0 Å². The molecule has 0 spiro atoms. The van der Waals surface area contributed by atoms with Crippen LogP contribution in [0.15, 0.2) is 16.9 Å². The van der Waals surface area contributed by atoms with Gasteiger partial charge >= 0.3 is 0 Å². The standard InChI is InChI=1S/C13H20BrN3OS/c1-10(19-2)7-13(18)16-5-3-12(4-6-16)17-9-11(14)8-15-17/h8-10,12H,3-7H2,1-2H3/t10-/m1/s1. The molecule has 1 aromatic heterocycles. The van der Waals surface area contributed by atoms with Crippen LogP contribution in [0.4, 0.5) is 0 Å². The second kappa shape index (κ2) is 6.79. The van der Waals surface area contributed by atoms with Crippen molar-refractivity contribution < 1.29 is 4.79 Å². The number of hydrogen-bond acceptors (Lipinski definition) is 3. The van der Waals surface area contributed by atoms with Gasteiger partial charge in [0.25, 0.3) is 0 Å². The number of hydrogen-bond donors (Lipinski definition) is 0. The third-order valence-corrected chi connectivity index (χ3v) is 5.01. The number of thioether (sulfide) groups is 1. The Labute approximate surface area is 127 Å². The number of rotatable bonds is 4. The van der Waals surface area contributed by atoms with Gasteiger partial charge in [0.1, 0.15) is 0 Å². The van der Waals surface area contributed by atoms with Crippen molar-refractivity contribution in [2.75, 3.05) is 19.3 Å². The number of likely N-dealkylation sites (tertiary alicyclic amines) is 1. The molecule has 0 N–H and O–H groups in total. The molecule has 1 aromatic rings. The molecule has 0 saturated carbocycles. The van der Waals surface area contributed by atoms with E-state index in [4.69, 9.17) is 0 Å². The molecule has 0 aromatic carbocycles. The molecule has 1 fully saturated rings. The van der Waals surface area contributed by atoms with Crippen LogP contribution in [-0.2, 0) is 4.79 Å². The summed E-state index contributed by atoms with van der Waals surface area (Å²) in [6.07, 6.45) is 8.52. The predicted octanol–water partition coefficient (Wildman–Crippen LogP) is 2.95. The molecule has 1 aliphatic rings. The van der Waals surface area contributed by atoms with Crippen LogP contribution in [0.1, 0.15) is 32.2 Å². The molecule has 106 valence electrons. The first kappa shape index (κ1) is 14.9. The fourth-order valence-electron chi connectivity index (χ4n) is 2.35. The Morgan fingerprint density at radius 2 is 2.26 bits per heavy atom. The van der Waals surface area contributed by atoms with Crippen molar-refractivity contribution >= 4 is 33.6 Å². The van der Waals surface area contributed by atoms with Gasteiger partial charge in [0, 0.05) is 31.0 Å². The van der Waals surface area contributed by atoms with Crippen LogP contribution < -0.4 is 0 Å². The van der Waals surface area contributed by atoms with E-state index in [1.807, 2.05) is 22.0 Å². The number of carbonyl (C=O) groups excluding carboxylic acids is 1. The van der Waals surface area contributed by atoms with Gasteiger partial charge in [-0.05, 0) is 35.0 Å². The molecule has 1 saturated heterocycles. The molecule has 0 aliphatic carbocycles. The van der Waals surface area contributed by atoms with Gasteiger partial charge in [-0.1, -0.05) is 6.92 Å². The zero-order chi connectivity index (χ0) is 13.8. The Morgan fingerprint density at radius 3 is 2.79 bits per heavy atom. The van der Waals surface area contributed by atoms with Crippen molar-refractivity contribution in [3.05, 3.63) is 16.9 Å². The van der Waals surface area contributed by atoms with Gasteiger partial charge in [0.2, 0.25) is 5.91 Å². The van der Waals surface area contributed by atoms with Gasteiger partial charge in [-0.2, -0.15) is 16.9 Å². The minimum Gasteiger partial charge on any atom is -0.343 e. The van der Waals surface area contributed by atoms with Gasteiger partial charge in [-0.25, -0.2) is 0 Å². The summed E-state index contributed by atoms with van der Waals surface area (Å²) in [4.78, 5) is 14.1. The average Bonchev–Trinajstić information content (AvgIpc) is 2.85. The van der Waals surface area contributed by atoms with E-state index >= 15 is 0 Å². The van der Waals surface area contributed by atoms with Crippen LogP contribution in [0.5, 0.6) is 0 Å². The summed E-state index contributed by atoms with van der Waals surface area (Å²) < 4.78 is 3.02. The molecule has 1 aliphatic heterocycles.